The van der Waals surface area contributed by atoms with E-state index in [1.54, 1.807) is 0 Å². The van der Waals surface area contributed by atoms with E-state index in [1.165, 1.54) is 70.6 Å². The molecule has 0 heterocycles. The summed E-state index contributed by atoms with van der Waals surface area (Å²) in [6.45, 7) is 2.27. The predicted octanol–water partition coefficient (Wildman–Crippen LogP) is 4.68. The lowest BCUT2D eigenvalue weighted by Gasteiger charge is -2.30. The van der Waals surface area contributed by atoms with Gasteiger partial charge in [-0.25, -0.2) is 0 Å². The highest BCUT2D eigenvalue weighted by Gasteiger charge is 2.24. The Labute approximate surface area is 102 Å². The van der Waals surface area contributed by atoms with Crippen molar-refractivity contribution in [2.24, 2.45) is 5.92 Å². The molecule has 0 amide bonds. The van der Waals surface area contributed by atoms with E-state index in [2.05, 4.69) is 6.92 Å². The fourth-order valence-electron chi connectivity index (χ4n) is 2.55. The maximum absolute atomic E-state index is 9.84. The van der Waals surface area contributed by atoms with Crippen molar-refractivity contribution in [1.29, 1.82) is 0 Å². The molecule has 1 heteroatoms. The minimum Gasteiger partial charge on any atom is -0.393 e. The van der Waals surface area contributed by atoms with Gasteiger partial charge in [0.25, 0.3) is 0 Å². The molecule has 1 N–H and O–H groups in total. The van der Waals surface area contributed by atoms with Crippen molar-refractivity contribution in [2.75, 3.05) is 0 Å². The van der Waals surface area contributed by atoms with Crippen LogP contribution in [-0.4, -0.2) is 11.2 Å². The van der Waals surface area contributed by atoms with Crippen LogP contribution in [0.25, 0.3) is 0 Å². The Balaban J connectivity index is 1.77. The summed E-state index contributed by atoms with van der Waals surface area (Å²) >= 11 is 0. The van der Waals surface area contributed by atoms with Crippen LogP contribution in [0.3, 0.4) is 0 Å². The summed E-state index contributed by atoms with van der Waals surface area (Å²) in [5, 5.41) is 9.84. The molecule has 0 saturated heterocycles. The average molecular weight is 226 g/mol. The van der Waals surface area contributed by atoms with Gasteiger partial charge in [-0.05, 0) is 25.2 Å². The molecule has 0 spiro atoms. The van der Waals surface area contributed by atoms with Crippen LogP contribution in [0.2, 0.25) is 0 Å². The van der Waals surface area contributed by atoms with Crippen molar-refractivity contribution in [3.05, 3.63) is 0 Å². The SMILES string of the molecule is CCCCCCCCCCC(O)C1CCC1. The van der Waals surface area contributed by atoms with Gasteiger partial charge in [-0.2, -0.15) is 0 Å². The first-order valence-electron chi connectivity index (χ1n) is 7.52. The molecule has 1 aliphatic rings. The van der Waals surface area contributed by atoms with Crippen LogP contribution < -0.4 is 0 Å². The van der Waals surface area contributed by atoms with Gasteiger partial charge in [0.2, 0.25) is 0 Å². The van der Waals surface area contributed by atoms with E-state index in [1.807, 2.05) is 0 Å². The standard InChI is InChI=1S/C15H30O/c1-2-3-4-5-6-7-8-9-13-15(16)14-11-10-12-14/h14-16H,2-13H2,1H3. The molecule has 1 nitrogen and oxygen atoms in total. The molecule has 1 aliphatic carbocycles. The lowest BCUT2D eigenvalue weighted by atomic mass is 9.79. The molecule has 0 radical (unpaired) electrons. The van der Waals surface area contributed by atoms with E-state index in [-0.39, 0.29) is 6.10 Å². The van der Waals surface area contributed by atoms with Crippen molar-refractivity contribution in [1.82, 2.24) is 0 Å². The Bertz CT molecular complexity index is 152. The third-order valence-electron chi connectivity index (χ3n) is 4.05. The Hall–Kier alpha value is -0.0400. The Morgan fingerprint density at radius 1 is 0.938 bits per heavy atom. The zero-order valence-electron chi connectivity index (χ0n) is 11.1. The molecule has 1 unspecified atom stereocenters. The van der Waals surface area contributed by atoms with E-state index in [9.17, 15) is 5.11 Å². The number of hydrogen-bond donors (Lipinski definition) is 1. The van der Waals surface area contributed by atoms with Gasteiger partial charge in [0.1, 0.15) is 0 Å². The molecule has 96 valence electrons. The van der Waals surface area contributed by atoms with Crippen LogP contribution in [0, 0.1) is 5.92 Å². The summed E-state index contributed by atoms with van der Waals surface area (Å²) in [6.07, 6.45) is 15.9. The third-order valence-corrected chi connectivity index (χ3v) is 4.05. The molecule has 0 bridgehead atoms. The summed E-state index contributed by atoms with van der Waals surface area (Å²) in [4.78, 5) is 0. The molecule has 0 aliphatic heterocycles. The highest BCUT2D eigenvalue weighted by atomic mass is 16.3. The van der Waals surface area contributed by atoms with Gasteiger partial charge in [0, 0.05) is 0 Å². The lowest BCUT2D eigenvalue weighted by Crippen LogP contribution is -2.26. The molecule has 1 atom stereocenters. The van der Waals surface area contributed by atoms with E-state index in [4.69, 9.17) is 0 Å². The molecule has 0 aromatic carbocycles. The van der Waals surface area contributed by atoms with Crippen molar-refractivity contribution in [3.63, 3.8) is 0 Å². The zero-order chi connectivity index (χ0) is 11.6. The number of rotatable bonds is 10. The van der Waals surface area contributed by atoms with Crippen LogP contribution in [0.5, 0.6) is 0 Å². The van der Waals surface area contributed by atoms with Crippen molar-refractivity contribution >= 4 is 0 Å². The van der Waals surface area contributed by atoms with E-state index >= 15 is 0 Å². The van der Waals surface area contributed by atoms with Gasteiger partial charge in [-0.15, -0.1) is 0 Å². The van der Waals surface area contributed by atoms with Gasteiger partial charge in [0.15, 0.2) is 0 Å². The highest BCUT2D eigenvalue weighted by Crippen LogP contribution is 2.31. The summed E-state index contributed by atoms with van der Waals surface area (Å²) in [6, 6.07) is 0. The topological polar surface area (TPSA) is 20.2 Å². The van der Waals surface area contributed by atoms with Gasteiger partial charge in [0.05, 0.1) is 6.10 Å². The van der Waals surface area contributed by atoms with E-state index < -0.39 is 0 Å². The number of aliphatic hydroxyl groups excluding tert-OH is 1. The smallest absolute Gasteiger partial charge is 0.0568 e. The normalized spacial score (nSPS) is 18.4. The van der Waals surface area contributed by atoms with Crippen molar-refractivity contribution in [2.45, 2.75) is 90.1 Å². The second-order valence-corrected chi connectivity index (χ2v) is 5.52. The van der Waals surface area contributed by atoms with Crippen LogP contribution in [0.1, 0.15) is 84.0 Å². The molecule has 1 fully saturated rings. The van der Waals surface area contributed by atoms with E-state index in [0.29, 0.717) is 5.92 Å². The fraction of sp³-hybridized carbons (Fsp3) is 1.00. The average Bonchev–Trinajstić information content (AvgIpc) is 2.19. The summed E-state index contributed by atoms with van der Waals surface area (Å²) in [5.74, 6) is 0.657. The monoisotopic (exact) mass is 226 g/mol. The molecule has 0 aromatic heterocycles. The second kappa shape index (κ2) is 9.04. The second-order valence-electron chi connectivity index (χ2n) is 5.52. The summed E-state index contributed by atoms with van der Waals surface area (Å²) in [5.41, 5.74) is 0. The number of hydrogen-bond acceptors (Lipinski definition) is 1. The van der Waals surface area contributed by atoms with Crippen LogP contribution in [0.4, 0.5) is 0 Å². The van der Waals surface area contributed by atoms with Gasteiger partial charge >= 0.3 is 0 Å². The summed E-state index contributed by atoms with van der Waals surface area (Å²) in [7, 11) is 0. The Kier molecular flexibility index (Phi) is 7.92. The molecule has 16 heavy (non-hydrogen) atoms. The Morgan fingerprint density at radius 2 is 1.50 bits per heavy atom. The zero-order valence-corrected chi connectivity index (χ0v) is 11.1. The van der Waals surface area contributed by atoms with Gasteiger partial charge in [-0.3, -0.25) is 0 Å². The van der Waals surface area contributed by atoms with E-state index in [0.717, 1.165) is 6.42 Å². The molecular weight excluding hydrogens is 196 g/mol. The maximum atomic E-state index is 9.84. The molecule has 0 aromatic rings. The largest absolute Gasteiger partial charge is 0.393 e. The van der Waals surface area contributed by atoms with Crippen LogP contribution >= 0.6 is 0 Å². The first-order chi connectivity index (χ1) is 7.84. The van der Waals surface area contributed by atoms with Crippen molar-refractivity contribution < 1.29 is 5.11 Å². The number of aliphatic hydroxyl groups is 1. The first kappa shape index (κ1) is 14.0. The predicted molar refractivity (Wildman–Crippen MR) is 70.6 cm³/mol. The van der Waals surface area contributed by atoms with Crippen molar-refractivity contribution in [3.8, 4) is 0 Å². The quantitative estimate of drug-likeness (QED) is 0.536. The number of unbranched alkanes of at least 4 members (excludes halogenated alkanes) is 7. The molecule has 1 saturated carbocycles. The fourth-order valence-corrected chi connectivity index (χ4v) is 2.55. The maximum Gasteiger partial charge on any atom is 0.0568 e. The summed E-state index contributed by atoms with van der Waals surface area (Å²) < 4.78 is 0. The third kappa shape index (κ3) is 5.89. The van der Waals surface area contributed by atoms with Crippen LogP contribution in [0.15, 0.2) is 0 Å². The first-order valence-corrected chi connectivity index (χ1v) is 7.52. The highest BCUT2D eigenvalue weighted by molar-refractivity contribution is 4.76. The van der Waals surface area contributed by atoms with Gasteiger partial charge < -0.3 is 5.11 Å². The molecular formula is C15H30O. The minimum atomic E-state index is 0.0221. The van der Waals surface area contributed by atoms with Gasteiger partial charge in [-0.1, -0.05) is 64.7 Å². The minimum absolute atomic E-state index is 0.0221. The molecule has 1 rings (SSSR count). The van der Waals surface area contributed by atoms with Crippen LogP contribution in [-0.2, 0) is 0 Å². The Morgan fingerprint density at radius 3 is 2.00 bits per heavy atom. The lowest BCUT2D eigenvalue weighted by molar-refractivity contribution is 0.0536.